The lowest BCUT2D eigenvalue weighted by Crippen LogP contribution is -2.37. The van der Waals surface area contributed by atoms with Gasteiger partial charge >= 0.3 is 6.03 Å². The number of hydrogen-bond donors (Lipinski definition) is 1. The number of imide groups is 1. The molecule has 1 unspecified atom stereocenters. The number of nitrogens with zero attached hydrogens (tertiary/aromatic N) is 2. The van der Waals surface area contributed by atoms with Gasteiger partial charge in [0.05, 0.1) is 18.7 Å². The van der Waals surface area contributed by atoms with Gasteiger partial charge in [-0.2, -0.15) is 0 Å². The average molecular weight is 441 g/mol. The molecule has 4 rings (SSSR count). The normalized spacial score (nSPS) is 16.1. The molecule has 0 saturated carbocycles. The molecular weight excluding hydrogens is 424 g/mol. The lowest BCUT2D eigenvalue weighted by atomic mass is 10.1. The highest BCUT2D eigenvalue weighted by Crippen LogP contribution is 2.29. The van der Waals surface area contributed by atoms with Crippen molar-refractivity contribution in [2.45, 2.75) is 19.0 Å². The number of anilines is 2. The summed E-state index contributed by atoms with van der Waals surface area (Å²) >= 11 is 1.43. The second kappa shape index (κ2) is 8.65. The molecule has 1 aliphatic heterocycles. The molecule has 4 amide bonds. The van der Waals surface area contributed by atoms with Crippen LogP contribution >= 0.6 is 11.3 Å². The minimum atomic E-state index is -1.03. The topological polar surface area (TPSA) is 69.7 Å². The van der Waals surface area contributed by atoms with Crippen molar-refractivity contribution in [2.75, 3.05) is 10.2 Å². The first-order valence-corrected chi connectivity index (χ1v) is 10.3. The summed E-state index contributed by atoms with van der Waals surface area (Å²) in [6, 6.07) is 12.3. The number of halogens is 2. The quantitative estimate of drug-likeness (QED) is 0.577. The molecule has 1 saturated heterocycles. The number of thiophene rings is 1. The first kappa shape index (κ1) is 20.7. The fourth-order valence-corrected chi connectivity index (χ4v) is 4.04. The molecule has 1 fully saturated rings. The number of hydrogen-bond acceptors (Lipinski definition) is 4. The first-order chi connectivity index (χ1) is 14.9. The van der Waals surface area contributed by atoms with Crippen LogP contribution in [0, 0.1) is 11.6 Å². The van der Waals surface area contributed by atoms with Crippen LogP contribution in [0.3, 0.4) is 0 Å². The summed E-state index contributed by atoms with van der Waals surface area (Å²) in [4.78, 5) is 41.9. The van der Waals surface area contributed by atoms with Gasteiger partial charge < -0.3 is 10.2 Å². The minimum absolute atomic E-state index is 0.161. The Kier molecular flexibility index (Phi) is 5.77. The number of rotatable bonds is 6. The third kappa shape index (κ3) is 4.46. The molecule has 0 spiro atoms. The van der Waals surface area contributed by atoms with Crippen molar-refractivity contribution in [3.63, 3.8) is 0 Å². The van der Waals surface area contributed by atoms with E-state index in [1.165, 1.54) is 52.6 Å². The third-order valence-electron chi connectivity index (χ3n) is 4.82. The Hall–Kier alpha value is -3.59. The molecule has 0 bridgehead atoms. The molecule has 9 heteroatoms. The van der Waals surface area contributed by atoms with Crippen LogP contribution in [0.25, 0.3) is 0 Å². The molecule has 3 aromatic rings. The van der Waals surface area contributed by atoms with E-state index in [9.17, 15) is 23.2 Å². The second-order valence-electron chi connectivity index (χ2n) is 6.91. The van der Waals surface area contributed by atoms with Crippen LogP contribution in [0.5, 0.6) is 0 Å². The summed E-state index contributed by atoms with van der Waals surface area (Å²) in [6.07, 6.45) is -0.273. The molecule has 2 aromatic carbocycles. The molecule has 158 valence electrons. The molecular formula is C22H17F2N3O3S. The van der Waals surface area contributed by atoms with E-state index in [1.54, 1.807) is 0 Å². The molecule has 0 aliphatic carbocycles. The second-order valence-corrected chi connectivity index (χ2v) is 7.95. The van der Waals surface area contributed by atoms with E-state index in [0.717, 1.165) is 21.9 Å². The number of carbonyl (C=O) groups excluding carboxylic acids is 3. The number of amides is 4. The van der Waals surface area contributed by atoms with Gasteiger partial charge in [-0.05, 0) is 60.0 Å². The molecule has 31 heavy (non-hydrogen) atoms. The van der Waals surface area contributed by atoms with Gasteiger partial charge in [-0.1, -0.05) is 6.07 Å². The zero-order valence-electron chi connectivity index (χ0n) is 16.1. The molecule has 1 atom stereocenters. The van der Waals surface area contributed by atoms with Crippen LogP contribution in [0.1, 0.15) is 11.3 Å². The summed E-state index contributed by atoms with van der Waals surface area (Å²) in [5.74, 6) is -1.99. The van der Waals surface area contributed by atoms with E-state index in [-0.39, 0.29) is 18.7 Å². The summed E-state index contributed by atoms with van der Waals surface area (Å²) in [5.41, 5.74) is 0.609. The van der Waals surface area contributed by atoms with E-state index in [4.69, 9.17) is 0 Å². The summed E-state index contributed by atoms with van der Waals surface area (Å²) in [7, 11) is 0. The van der Waals surface area contributed by atoms with E-state index >= 15 is 0 Å². The zero-order valence-corrected chi connectivity index (χ0v) is 16.9. The Balaban J connectivity index is 1.58. The van der Waals surface area contributed by atoms with Gasteiger partial charge in [0.1, 0.15) is 17.7 Å². The van der Waals surface area contributed by atoms with Crippen LogP contribution < -0.4 is 10.2 Å². The van der Waals surface area contributed by atoms with Crippen molar-refractivity contribution in [3.8, 4) is 0 Å². The third-order valence-corrected chi connectivity index (χ3v) is 5.68. The van der Waals surface area contributed by atoms with Gasteiger partial charge in [0, 0.05) is 10.6 Å². The predicted molar refractivity (Wildman–Crippen MR) is 113 cm³/mol. The maximum atomic E-state index is 13.3. The van der Waals surface area contributed by atoms with Crippen LogP contribution in [-0.4, -0.2) is 28.8 Å². The van der Waals surface area contributed by atoms with E-state index in [1.807, 2.05) is 17.5 Å². The van der Waals surface area contributed by atoms with Crippen molar-refractivity contribution < 1.29 is 23.2 Å². The molecule has 6 nitrogen and oxygen atoms in total. The standard InChI is InChI=1S/C22H17F2N3O3S/c23-14-3-7-16(8-4-14)25-20(28)12-19-21(29)27(17-9-5-15(24)6-10-17)22(30)26(19)13-18-2-1-11-31-18/h1-11,19H,12-13H2,(H,25,28). The van der Waals surface area contributed by atoms with Gasteiger partial charge in [0.15, 0.2) is 0 Å². The molecule has 1 aliphatic rings. The Morgan fingerprint density at radius 2 is 1.61 bits per heavy atom. The van der Waals surface area contributed by atoms with Crippen molar-refractivity contribution in [3.05, 3.63) is 82.6 Å². The SMILES string of the molecule is O=C(CC1C(=O)N(c2ccc(F)cc2)C(=O)N1Cc1cccs1)Nc1ccc(F)cc1. The lowest BCUT2D eigenvalue weighted by Gasteiger charge is -2.21. The van der Waals surface area contributed by atoms with Crippen molar-refractivity contribution in [2.24, 2.45) is 0 Å². The van der Waals surface area contributed by atoms with Crippen molar-refractivity contribution >= 4 is 40.6 Å². The maximum absolute atomic E-state index is 13.3. The van der Waals surface area contributed by atoms with E-state index in [2.05, 4.69) is 5.32 Å². The Morgan fingerprint density at radius 3 is 2.23 bits per heavy atom. The number of carbonyl (C=O) groups is 3. The van der Waals surface area contributed by atoms with Crippen LogP contribution in [0.2, 0.25) is 0 Å². The van der Waals surface area contributed by atoms with E-state index in [0.29, 0.717) is 5.69 Å². The number of urea groups is 1. The predicted octanol–water partition coefficient (Wildman–Crippen LogP) is 4.39. The Morgan fingerprint density at radius 1 is 0.968 bits per heavy atom. The monoisotopic (exact) mass is 441 g/mol. The number of nitrogens with one attached hydrogen (secondary N) is 1. The highest BCUT2D eigenvalue weighted by Gasteiger charge is 2.46. The molecule has 0 radical (unpaired) electrons. The molecule has 1 N–H and O–H groups in total. The minimum Gasteiger partial charge on any atom is -0.326 e. The average Bonchev–Trinajstić information content (AvgIpc) is 3.33. The van der Waals surface area contributed by atoms with Gasteiger partial charge in [-0.3, -0.25) is 9.59 Å². The van der Waals surface area contributed by atoms with Gasteiger partial charge in [0.25, 0.3) is 5.91 Å². The Labute approximate surface area is 180 Å². The Bertz CT molecular complexity index is 1100. The van der Waals surface area contributed by atoms with Gasteiger partial charge in [-0.15, -0.1) is 11.3 Å². The van der Waals surface area contributed by atoms with E-state index < -0.39 is 35.5 Å². The molecule has 1 aromatic heterocycles. The van der Waals surface area contributed by atoms with Gasteiger partial charge in [0.2, 0.25) is 5.91 Å². The summed E-state index contributed by atoms with van der Waals surface area (Å²) < 4.78 is 26.4. The lowest BCUT2D eigenvalue weighted by molar-refractivity contribution is -0.124. The van der Waals surface area contributed by atoms with Crippen LogP contribution in [-0.2, 0) is 16.1 Å². The van der Waals surface area contributed by atoms with Gasteiger partial charge in [-0.25, -0.2) is 18.5 Å². The van der Waals surface area contributed by atoms with Crippen LogP contribution in [0.4, 0.5) is 25.0 Å². The molecule has 2 heterocycles. The number of benzene rings is 2. The summed E-state index contributed by atoms with van der Waals surface area (Å²) in [5, 5.41) is 4.46. The highest BCUT2D eigenvalue weighted by molar-refractivity contribution is 7.09. The van der Waals surface area contributed by atoms with Crippen LogP contribution in [0.15, 0.2) is 66.0 Å². The van der Waals surface area contributed by atoms with Crippen molar-refractivity contribution in [1.29, 1.82) is 0 Å². The fraction of sp³-hybridized carbons (Fsp3) is 0.136. The maximum Gasteiger partial charge on any atom is 0.332 e. The highest BCUT2D eigenvalue weighted by atomic mass is 32.1. The summed E-state index contributed by atoms with van der Waals surface area (Å²) in [6.45, 7) is 0.161. The first-order valence-electron chi connectivity index (χ1n) is 9.40. The smallest absolute Gasteiger partial charge is 0.326 e. The fourth-order valence-electron chi connectivity index (χ4n) is 3.33. The zero-order chi connectivity index (χ0) is 22.0. The largest absolute Gasteiger partial charge is 0.332 e. The van der Waals surface area contributed by atoms with Crippen molar-refractivity contribution in [1.82, 2.24) is 4.90 Å².